The molecule has 0 spiro atoms. The van der Waals surface area contributed by atoms with E-state index in [0.29, 0.717) is 47.3 Å². The molecule has 4 nitrogen and oxygen atoms in total. The molecule has 2 aromatic heterocycles. The van der Waals surface area contributed by atoms with Crippen molar-refractivity contribution in [1.82, 2.24) is 9.97 Å². The molecule has 0 saturated heterocycles. The van der Waals surface area contributed by atoms with Gasteiger partial charge in [0, 0.05) is 12.4 Å². The number of allylic oxidation sites excluding steroid dienone is 6. The first kappa shape index (κ1) is 58.1. The molecular weight excluding hydrogens is 962 g/mol. The van der Waals surface area contributed by atoms with Crippen LogP contribution in [-0.2, 0) is 19.5 Å². The minimum absolute atomic E-state index is 0. The van der Waals surface area contributed by atoms with Crippen LogP contribution in [0.5, 0.6) is 0 Å². The van der Waals surface area contributed by atoms with Crippen LogP contribution in [0.2, 0.25) is 0 Å². The molecule has 384 valence electrons. The summed E-state index contributed by atoms with van der Waals surface area (Å²) >= 11 is 0. The Morgan fingerprint density at radius 2 is 0.600 bits per heavy atom. The molecule has 0 aliphatic carbocycles. The fourth-order valence-electron chi connectivity index (χ4n) is 10.6. The minimum Gasteiger partial charge on any atom is -0.664 e. The molecule has 0 saturated carbocycles. The molecular formula is C70H82N4Zn. The van der Waals surface area contributed by atoms with Gasteiger partial charge < -0.3 is 10.6 Å². The summed E-state index contributed by atoms with van der Waals surface area (Å²) in [6.45, 7) is 36.3. The van der Waals surface area contributed by atoms with Crippen molar-refractivity contribution in [1.29, 1.82) is 0 Å². The van der Waals surface area contributed by atoms with Crippen molar-refractivity contribution in [3.05, 3.63) is 235 Å². The molecule has 0 bridgehead atoms. The van der Waals surface area contributed by atoms with Crippen molar-refractivity contribution in [3.8, 4) is 22.3 Å². The normalized spacial score (nSPS) is 14.5. The fourth-order valence-corrected chi connectivity index (χ4v) is 10.6. The van der Waals surface area contributed by atoms with E-state index >= 15 is 0 Å². The molecule has 0 N–H and O–H groups in total. The van der Waals surface area contributed by atoms with Crippen LogP contribution in [-0.4, -0.2) is 9.97 Å². The number of nitrogens with zero attached hydrogens (tertiary/aromatic N) is 4. The van der Waals surface area contributed by atoms with Crippen LogP contribution in [0.25, 0.3) is 56.2 Å². The molecule has 4 heterocycles. The third-order valence-electron chi connectivity index (χ3n) is 14.4. The molecule has 0 radical (unpaired) electrons. The van der Waals surface area contributed by atoms with Crippen molar-refractivity contribution >= 4 is 23.3 Å². The molecule has 2 aliphatic rings. The number of benzene rings is 4. The summed E-state index contributed by atoms with van der Waals surface area (Å²) in [4.78, 5) is 9.42. The van der Waals surface area contributed by atoms with E-state index in [-0.39, 0.29) is 19.5 Å². The van der Waals surface area contributed by atoms with Gasteiger partial charge in [-0.3, -0.25) is 9.97 Å². The second-order valence-electron chi connectivity index (χ2n) is 22.6. The Bertz CT molecular complexity index is 2810. The Balaban J connectivity index is 0.000000241. The third-order valence-corrected chi connectivity index (χ3v) is 14.4. The average molecular weight is 1040 g/mol. The Hall–Kier alpha value is -6.16. The van der Waals surface area contributed by atoms with Crippen LogP contribution >= 0.6 is 0 Å². The van der Waals surface area contributed by atoms with E-state index in [4.69, 9.17) is 20.6 Å². The largest absolute Gasteiger partial charge is 2.00 e. The number of hydrogen-bond acceptors (Lipinski definition) is 2. The van der Waals surface area contributed by atoms with Gasteiger partial charge in [0.25, 0.3) is 0 Å². The molecule has 0 fully saturated rings. The average Bonchev–Trinajstić information content (AvgIpc) is 3.38. The van der Waals surface area contributed by atoms with Gasteiger partial charge >= 0.3 is 19.5 Å². The number of aromatic nitrogens is 2. The van der Waals surface area contributed by atoms with Crippen molar-refractivity contribution < 1.29 is 19.5 Å². The Labute approximate surface area is 465 Å². The predicted octanol–water partition coefficient (Wildman–Crippen LogP) is 21.1. The summed E-state index contributed by atoms with van der Waals surface area (Å²) in [5.41, 5.74) is 25.0. The van der Waals surface area contributed by atoms with Crippen molar-refractivity contribution in [2.45, 2.75) is 158 Å². The van der Waals surface area contributed by atoms with E-state index < -0.39 is 0 Å². The topological polar surface area (TPSA) is 54.0 Å². The summed E-state index contributed by atoms with van der Waals surface area (Å²) in [7, 11) is 0. The van der Waals surface area contributed by atoms with Gasteiger partial charge in [-0.1, -0.05) is 220 Å². The second kappa shape index (κ2) is 26.1. The van der Waals surface area contributed by atoms with Crippen molar-refractivity contribution in [2.75, 3.05) is 0 Å². The molecule has 5 heteroatoms. The summed E-state index contributed by atoms with van der Waals surface area (Å²) in [6.07, 6.45) is 20.6. The molecule has 8 rings (SSSR count). The number of rotatable bonds is 14. The van der Waals surface area contributed by atoms with Gasteiger partial charge in [0.15, 0.2) is 0 Å². The van der Waals surface area contributed by atoms with Crippen molar-refractivity contribution in [3.63, 3.8) is 0 Å². The van der Waals surface area contributed by atoms with Crippen LogP contribution in [0.4, 0.5) is 0 Å². The van der Waals surface area contributed by atoms with Crippen LogP contribution in [0, 0.1) is 0 Å². The number of pyridine rings is 2. The van der Waals surface area contributed by atoms with Gasteiger partial charge in [0.05, 0.1) is 11.4 Å². The maximum Gasteiger partial charge on any atom is 2.00 e. The monoisotopic (exact) mass is 1040 g/mol. The minimum atomic E-state index is 0. The van der Waals surface area contributed by atoms with Gasteiger partial charge in [0.1, 0.15) is 0 Å². The van der Waals surface area contributed by atoms with Gasteiger partial charge in [0.2, 0.25) is 0 Å². The summed E-state index contributed by atoms with van der Waals surface area (Å²) in [6, 6.07) is 35.6. The van der Waals surface area contributed by atoms with Crippen molar-refractivity contribution in [2.24, 2.45) is 0 Å². The van der Waals surface area contributed by atoms with Gasteiger partial charge in [-0.05, 0) is 161 Å². The Morgan fingerprint density at radius 1 is 0.347 bits per heavy atom. The maximum atomic E-state index is 4.71. The molecule has 4 aromatic carbocycles. The zero-order chi connectivity index (χ0) is 53.4. The zero-order valence-electron chi connectivity index (χ0n) is 48.1. The predicted molar refractivity (Wildman–Crippen MR) is 322 cm³/mol. The van der Waals surface area contributed by atoms with E-state index in [1.807, 2.05) is 24.8 Å². The van der Waals surface area contributed by atoms with E-state index in [0.717, 1.165) is 22.8 Å². The van der Waals surface area contributed by atoms with E-state index in [1.165, 1.54) is 89.0 Å². The van der Waals surface area contributed by atoms with Crippen LogP contribution in [0.3, 0.4) is 0 Å². The van der Waals surface area contributed by atoms with Crippen LogP contribution in [0.15, 0.2) is 158 Å². The molecule has 0 unspecified atom stereocenters. The molecule has 75 heavy (non-hydrogen) atoms. The van der Waals surface area contributed by atoms with Crippen LogP contribution < -0.4 is 0 Å². The summed E-state index contributed by atoms with van der Waals surface area (Å²) in [5.74, 6) is 3.58. The first-order chi connectivity index (χ1) is 35.3. The SMILES string of the molecule is CC(C)c1cccc(C(C)C)c1C1=C/C(=C/c2cc(-c3c(C(C)C)cccc3C(C)C)ccn2)[N-]C=C1.CC(C)c1cccc(C(C)C)c1C1=C/C(=C/c2cc(-c3c(C(C)C)cccc3C(C)C)ccn2)[N-]C=C1.[Zn+2]. The van der Waals surface area contributed by atoms with Crippen LogP contribution in [0.1, 0.15) is 225 Å². The zero-order valence-corrected chi connectivity index (χ0v) is 51.1. The molecule has 2 aliphatic heterocycles. The van der Waals surface area contributed by atoms with E-state index in [2.05, 4.69) is 244 Å². The molecule has 6 aromatic rings. The number of hydrogen-bond donors (Lipinski definition) is 0. The Kier molecular flexibility index (Phi) is 20.2. The second-order valence-corrected chi connectivity index (χ2v) is 22.6. The maximum absolute atomic E-state index is 4.71. The first-order valence-electron chi connectivity index (χ1n) is 27.4. The van der Waals surface area contributed by atoms with E-state index in [1.54, 1.807) is 0 Å². The summed E-state index contributed by atoms with van der Waals surface area (Å²) < 4.78 is 0. The fraction of sp³-hybridized carbons (Fsp3) is 0.343. The molecule has 0 amide bonds. The van der Waals surface area contributed by atoms with Gasteiger partial charge in [-0.15, -0.1) is 11.4 Å². The quantitative estimate of drug-likeness (QED) is 0.102. The summed E-state index contributed by atoms with van der Waals surface area (Å²) in [5, 5.41) is 9.42. The van der Waals surface area contributed by atoms with E-state index in [9.17, 15) is 0 Å². The first-order valence-corrected chi connectivity index (χ1v) is 27.4. The standard InChI is InChI=1S/2C35H41N2.Zn/c2*1-22(2)30-11-9-12-31(23(3)4)34(30)26-15-17-36-28(19-26)21-29-20-27(16-18-37-29)35-32(24(5)6)13-10-14-33(35)25(7)8;/h2*9-25H,1-8H3;/q2*-1;+2/b2*28-21-;. The third kappa shape index (κ3) is 13.8. The Morgan fingerprint density at radius 3 is 0.853 bits per heavy atom. The van der Waals surface area contributed by atoms with Gasteiger partial charge in [-0.25, -0.2) is 0 Å². The van der Waals surface area contributed by atoms with Gasteiger partial charge in [-0.2, -0.15) is 12.4 Å². The molecule has 0 atom stereocenters. The smallest absolute Gasteiger partial charge is 0.664 e.